The lowest BCUT2D eigenvalue weighted by atomic mass is 10.1. The molecule has 0 saturated heterocycles. The fourth-order valence-electron chi connectivity index (χ4n) is 1.76. The van der Waals surface area contributed by atoms with Crippen LogP contribution < -0.4 is 10.1 Å². The first kappa shape index (κ1) is 11.0. The van der Waals surface area contributed by atoms with Crippen LogP contribution in [-0.2, 0) is 0 Å². The van der Waals surface area contributed by atoms with E-state index in [1.54, 1.807) is 18.2 Å². The second-order valence-corrected chi connectivity index (χ2v) is 4.04. The molecule has 0 spiro atoms. The molecule has 86 valence electrons. The van der Waals surface area contributed by atoms with Crippen LogP contribution in [0.15, 0.2) is 18.2 Å². The molecule has 2 unspecified atom stereocenters. The minimum atomic E-state index is -0.240. The van der Waals surface area contributed by atoms with Crippen molar-refractivity contribution in [3.8, 4) is 5.75 Å². The van der Waals surface area contributed by atoms with Crippen LogP contribution in [0.5, 0.6) is 5.75 Å². The smallest absolute Gasteiger partial charge is 0.159 e. The van der Waals surface area contributed by atoms with E-state index in [-0.39, 0.29) is 24.5 Å². The number of hydrogen-bond donors (Lipinski definition) is 2. The number of ether oxygens (including phenoxy) is 1. The van der Waals surface area contributed by atoms with Gasteiger partial charge in [-0.2, -0.15) is 0 Å². The Morgan fingerprint density at radius 3 is 2.94 bits per heavy atom. The lowest BCUT2D eigenvalue weighted by molar-refractivity contribution is 0.0973. The molecule has 1 aromatic carbocycles. The standard InChI is InChI=1S/C12H15NO3/c1-7-12(6-14)16-11-4-3-9(8(2)15)5-10(11)13-7/h3-5,7,12-14H,6H2,1-2H3. The average molecular weight is 221 g/mol. The van der Waals surface area contributed by atoms with E-state index in [9.17, 15) is 4.79 Å². The van der Waals surface area contributed by atoms with Gasteiger partial charge >= 0.3 is 0 Å². The van der Waals surface area contributed by atoms with Gasteiger partial charge in [0.1, 0.15) is 11.9 Å². The molecule has 1 aromatic rings. The van der Waals surface area contributed by atoms with Crippen molar-refractivity contribution < 1.29 is 14.6 Å². The predicted molar refractivity (Wildman–Crippen MR) is 61.0 cm³/mol. The van der Waals surface area contributed by atoms with Crippen molar-refractivity contribution in [2.24, 2.45) is 0 Å². The first-order valence-electron chi connectivity index (χ1n) is 5.31. The summed E-state index contributed by atoms with van der Waals surface area (Å²) < 4.78 is 5.60. The van der Waals surface area contributed by atoms with Gasteiger partial charge in [0.15, 0.2) is 5.78 Å². The lowest BCUT2D eigenvalue weighted by Crippen LogP contribution is -2.41. The fraction of sp³-hybridized carbons (Fsp3) is 0.417. The number of Topliss-reactive ketones (excluding diaryl/α,β-unsaturated/α-hetero) is 1. The van der Waals surface area contributed by atoms with E-state index in [1.165, 1.54) is 6.92 Å². The third-order valence-electron chi connectivity index (χ3n) is 2.79. The summed E-state index contributed by atoms with van der Waals surface area (Å²) in [5.41, 5.74) is 1.47. The molecule has 0 aromatic heterocycles. The van der Waals surface area contributed by atoms with Crippen molar-refractivity contribution in [2.75, 3.05) is 11.9 Å². The van der Waals surface area contributed by atoms with Crippen LogP contribution in [0, 0.1) is 0 Å². The zero-order chi connectivity index (χ0) is 11.7. The largest absolute Gasteiger partial charge is 0.484 e. The van der Waals surface area contributed by atoms with Crippen LogP contribution >= 0.6 is 0 Å². The fourth-order valence-corrected chi connectivity index (χ4v) is 1.76. The summed E-state index contributed by atoms with van der Waals surface area (Å²) in [7, 11) is 0. The Hall–Kier alpha value is -1.55. The number of hydrogen-bond acceptors (Lipinski definition) is 4. The molecule has 16 heavy (non-hydrogen) atoms. The van der Waals surface area contributed by atoms with Crippen LogP contribution in [-0.4, -0.2) is 29.6 Å². The van der Waals surface area contributed by atoms with Crippen molar-refractivity contribution in [3.63, 3.8) is 0 Å². The lowest BCUT2D eigenvalue weighted by Gasteiger charge is -2.32. The highest BCUT2D eigenvalue weighted by atomic mass is 16.5. The molecule has 1 aliphatic heterocycles. The van der Waals surface area contributed by atoms with Crippen molar-refractivity contribution >= 4 is 11.5 Å². The Kier molecular flexibility index (Phi) is 2.83. The Labute approximate surface area is 94.2 Å². The second-order valence-electron chi connectivity index (χ2n) is 4.04. The number of fused-ring (bicyclic) bond motifs is 1. The van der Waals surface area contributed by atoms with Crippen molar-refractivity contribution in [3.05, 3.63) is 23.8 Å². The number of carbonyl (C=O) groups is 1. The van der Waals surface area contributed by atoms with Crippen molar-refractivity contribution in [1.82, 2.24) is 0 Å². The molecular formula is C12H15NO3. The van der Waals surface area contributed by atoms with Gasteiger partial charge < -0.3 is 15.2 Å². The molecular weight excluding hydrogens is 206 g/mol. The van der Waals surface area contributed by atoms with E-state index in [0.29, 0.717) is 11.3 Å². The summed E-state index contributed by atoms with van der Waals surface area (Å²) in [5, 5.41) is 12.3. The maximum absolute atomic E-state index is 11.2. The van der Waals surface area contributed by atoms with Gasteiger partial charge in [-0.05, 0) is 32.0 Å². The van der Waals surface area contributed by atoms with E-state index in [2.05, 4.69) is 5.32 Å². The molecule has 0 aliphatic carbocycles. The van der Waals surface area contributed by atoms with Crippen LogP contribution in [0.3, 0.4) is 0 Å². The highest BCUT2D eigenvalue weighted by Crippen LogP contribution is 2.32. The minimum Gasteiger partial charge on any atom is -0.484 e. The zero-order valence-corrected chi connectivity index (χ0v) is 9.36. The van der Waals surface area contributed by atoms with E-state index in [0.717, 1.165) is 5.69 Å². The summed E-state index contributed by atoms with van der Waals surface area (Å²) in [5.74, 6) is 0.712. The van der Waals surface area contributed by atoms with Crippen LogP contribution in [0.4, 0.5) is 5.69 Å². The van der Waals surface area contributed by atoms with E-state index < -0.39 is 0 Å². The van der Waals surface area contributed by atoms with Gasteiger partial charge in [-0.1, -0.05) is 0 Å². The molecule has 2 N–H and O–H groups in total. The Bertz CT molecular complexity index is 417. The highest BCUT2D eigenvalue weighted by Gasteiger charge is 2.25. The van der Waals surface area contributed by atoms with Gasteiger partial charge in [0.25, 0.3) is 0 Å². The van der Waals surface area contributed by atoms with Gasteiger partial charge in [-0.3, -0.25) is 4.79 Å². The quantitative estimate of drug-likeness (QED) is 0.742. The number of aliphatic hydroxyl groups excluding tert-OH is 1. The molecule has 0 bridgehead atoms. The Morgan fingerprint density at radius 1 is 1.56 bits per heavy atom. The number of aliphatic hydroxyl groups is 1. The molecule has 0 saturated carbocycles. The van der Waals surface area contributed by atoms with E-state index in [4.69, 9.17) is 9.84 Å². The van der Waals surface area contributed by atoms with Gasteiger partial charge in [0.05, 0.1) is 18.3 Å². The SMILES string of the molecule is CC(=O)c1ccc2c(c1)NC(C)C(CO)O2. The number of nitrogens with one attached hydrogen (secondary N) is 1. The molecule has 0 amide bonds. The first-order valence-corrected chi connectivity index (χ1v) is 5.31. The number of benzene rings is 1. The third kappa shape index (κ3) is 1.88. The predicted octanol–water partition coefficient (Wildman–Crippen LogP) is 1.44. The number of ketones is 1. The minimum absolute atomic E-state index is 0.0257. The first-order chi connectivity index (χ1) is 7.61. The highest BCUT2D eigenvalue weighted by molar-refractivity contribution is 5.95. The Balaban J connectivity index is 2.32. The third-order valence-corrected chi connectivity index (χ3v) is 2.79. The molecule has 2 atom stereocenters. The molecule has 4 nitrogen and oxygen atoms in total. The molecule has 0 radical (unpaired) electrons. The summed E-state index contributed by atoms with van der Waals surface area (Å²) in [6.45, 7) is 3.44. The number of anilines is 1. The Morgan fingerprint density at radius 2 is 2.31 bits per heavy atom. The van der Waals surface area contributed by atoms with Gasteiger partial charge in [0, 0.05) is 5.56 Å². The zero-order valence-electron chi connectivity index (χ0n) is 9.36. The van der Waals surface area contributed by atoms with Crippen LogP contribution in [0.25, 0.3) is 0 Å². The number of carbonyl (C=O) groups excluding carboxylic acids is 1. The van der Waals surface area contributed by atoms with E-state index in [1.807, 2.05) is 6.92 Å². The average Bonchev–Trinajstić information content (AvgIpc) is 2.27. The van der Waals surface area contributed by atoms with Crippen molar-refractivity contribution in [1.29, 1.82) is 0 Å². The topological polar surface area (TPSA) is 58.6 Å². The van der Waals surface area contributed by atoms with Gasteiger partial charge in [0.2, 0.25) is 0 Å². The molecule has 2 rings (SSSR count). The summed E-state index contributed by atoms with van der Waals surface area (Å²) in [4.78, 5) is 11.2. The molecule has 4 heteroatoms. The van der Waals surface area contributed by atoms with Crippen LogP contribution in [0.2, 0.25) is 0 Å². The normalized spacial score (nSPS) is 22.9. The maximum Gasteiger partial charge on any atom is 0.159 e. The van der Waals surface area contributed by atoms with Crippen LogP contribution in [0.1, 0.15) is 24.2 Å². The number of rotatable bonds is 2. The summed E-state index contributed by atoms with van der Waals surface area (Å²) in [6.07, 6.45) is -0.240. The van der Waals surface area contributed by atoms with Crippen molar-refractivity contribution in [2.45, 2.75) is 26.0 Å². The second kappa shape index (κ2) is 4.14. The molecule has 0 fully saturated rings. The maximum atomic E-state index is 11.2. The van der Waals surface area contributed by atoms with Gasteiger partial charge in [-0.15, -0.1) is 0 Å². The summed E-state index contributed by atoms with van der Waals surface area (Å²) >= 11 is 0. The molecule has 1 aliphatic rings. The van der Waals surface area contributed by atoms with E-state index >= 15 is 0 Å². The summed E-state index contributed by atoms with van der Waals surface area (Å²) in [6, 6.07) is 5.29. The monoisotopic (exact) mass is 221 g/mol. The van der Waals surface area contributed by atoms with Gasteiger partial charge in [-0.25, -0.2) is 0 Å². The molecule has 1 heterocycles.